The van der Waals surface area contributed by atoms with Crippen molar-refractivity contribution in [3.8, 4) is 0 Å². The fraction of sp³-hybridized carbons (Fsp3) is 0.897. The summed E-state index contributed by atoms with van der Waals surface area (Å²) in [7, 11) is 1.47. The van der Waals surface area contributed by atoms with Crippen molar-refractivity contribution in [3.05, 3.63) is 0 Å². The second kappa shape index (κ2) is 10.0. The molecule has 0 unspecified atom stereocenters. The third-order valence-corrected chi connectivity index (χ3v) is 11.1. The van der Waals surface area contributed by atoms with Crippen LogP contribution in [-0.4, -0.2) is 37.2 Å². The first-order chi connectivity index (χ1) is 16.5. The quantitative estimate of drug-likeness (QED) is 0.351. The zero-order chi connectivity index (χ0) is 25.5. The molecule has 0 bridgehead atoms. The number of hydrogen-bond acceptors (Lipinski definition) is 6. The van der Waals surface area contributed by atoms with E-state index in [2.05, 4.69) is 20.8 Å². The molecule has 4 saturated carbocycles. The summed E-state index contributed by atoms with van der Waals surface area (Å²) < 4.78 is 16.6. The molecule has 4 aliphatic rings. The molecule has 10 atom stereocenters. The zero-order valence-electron chi connectivity index (χ0n) is 22.6. The largest absolute Gasteiger partial charge is 0.469 e. The van der Waals surface area contributed by atoms with Gasteiger partial charge in [0.25, 0.3) is 0 Å². The molecule has 198 valence electrons. The number of ether oxygens (including phenoxy) is 3. The number of rotatable bonds is 6. The van der Waals surface area contributed by atoms with Crippen LogP contribution in [0, 0.1) is 46.3 Å². The molecule has 0 heterocycles. The average Bonchev–Trinajstić information content (AvgIpc) is 3.14. The van der Waals surface area contributed by atoms with Crippen LogP contribution in [0.3, 0.4) is 0 Å². The van der Waals surface area contributed by atoms with E-state index in [0.29, 0.717) is 41.9 Å². The van der Waals surface area contributed by atoms with E-state index in [1.807, 2.05) is 0 Å². The molecule has 4 fully saturated rings. The van der Waals surface area contributed by atoms with Gasteiger partial charge in [-0.25, -0.2) is 0 Å². The lowest BCUT2D eigenvalue weighted by Crippen LogP contribution is -2.59. The minimum Gasteiger partial charge on any atom is -0.469 e. The van der Waals surface area contributed by atoms with Crippen LogP contribution in [0.15, 0.2) is 0 Å². The van der Waals surface area contributed by atoms with Crippen molar-refractivity contribution in [2.45, 2.75) is 111 Å². The Hall–Kier alpha value is -1.59. The Bertz CT molecular complexity index is 824. The first-order valence-electron chi connectivity index (χ1n) is 13.9. The van der Waals surface area contributed by atoms with Gasteiger partial charge >= 0.3 is 17.9 Å². The van der Waals surface area contributed by atoms with Crippen molar-refractivity contribution in [1.82, 2.24) is 0 Å². The van der Waals surface area contributed by atoms with Crippen LogP contribution < -0.4 is 0 Å². The Kier molecular flexibility index (Phi) is 7.60. The van der Waals surface area contributed by atoms with E-state index < -0.39 is 0 Å². The van der Waals surface area contributed by atoms with E-state index >= 15 is 0 Å². The molecular formula is C29H46O6. The molecule has 0 radical (unpaired) electrons. The summed E-state index contributed by atoms with van der Waals surface area (Å²) in [6.45, 7) is 10.3. The molecule has 0 amide bonds. The predicted octanol–water partition coefficient (Wildman–Crippen LogP) is 5.71. The van der Waals surface area contributed by atoms with Gasteiger partial charge in [0, 0.05) is 26.2 Å². The summed E-state index contributed by atoms with van der Waals surface area (Å²) in [6.07, 6.45) is 9.80. The molecule has 0 spiro atoms. The first kappa shape index (κ1) is 26.5. The summed E-state index contributed by atoms with van der Waals surface area (Å²) in [5, 5.41) is 0. The fourth-order valence-corrected chi connectivity index (χ4v) is 9.46. The molecule has 4 aliphatic carbocycles. The number of methoxy groups -OCH3 is 1. The molecule has 0 aromatic rings. The topological polar surface area (TPSA) is 78.9 Å². The summed E-state index contributed by atoms with van der Waals surface area (Å²) >= 11 is 0. The third kappa shape index (κ3) is 4.87. The minimum atomic E-state index is -0.199. The highest BCUT2D eigenvalue weighted by Gasteiger charge is 2.63. The minimum absolute atomic E-state index is 0.0134. The Morgan fingerprint density at radius 1 is 0.886 bits per heavy atom. The number of carbonyl (C=O) groups is 3. The summed E-state index contributed by atoms with van der Waals surface area (Å²) in [4.78, 5) is 35.6. The van der Waals surface area contributed by atoms with Crippen molar-refractivity contribution in [2.75, 3.05) is 7.11 Å². The maximum absolute atomic E-state index is 12.2. The van der Waals surface area contributed by atoms with Crippen LogP contribution in [0.25, 0.3) is 0 Å². The van der Waals surface area contributed by atoms with Crippen molar-refractivity contribution in [3.63, 3.8) is 0 Å². The zero-order valence-corrected chi connectivity index (χ0v) is 22.6. The second-order valence-corrected chi connectivity index (χ2v) is 12.7. The van der Waals surface area contributed by atoms with Gasteiger partial charge < -0.3 is 14.2 Å². The highest BCUT2D eigenvalue weighted by Crippen LogP contribution is 2.68. The van der Waals surface area contributed by atoms with Gasteiger partial charge in [0.15, 0.2) is 0 Å². The predicted molar refractivity (Wildman–Crippen MR) is 132 cm³/mol. The normalized spacial score (nSPS) is 43.2. The fourth-order valence-electron chi connectivity index (χ4n) is 9.46. The van der Waals surface area contributed by atoms with Gasteiger partial charge in [-0.1, -0.05) is 20.8 Å². The van der Waals surface area contributed by atoms with Gasteiger partial charge in [0.2, 0.25) is 0 Å². The maximum Gasteiger partial charge on any atom is 0.305 e. The molecule has 0 aromatic heterocycles. The van der Waals surface area contributed by atoms with E-state index in [-0.39, 0.29) is 40.9 Å². The lowest BCUT2D eigenvalue weighted by molar-refractivity contribution is -0.197. The molecule has 6 nitrogen and oxygen atoms in total. The highest BCUT2D eigenvalue weighted by molar-refractivity contribution is 5.69. The van der Waals surface area contributed by atoms with Crippen LogP contribution in [0.2, 0.25) is 0 Å². The second-order valence-electron chi connectivity index (χ2n) is 12.7. The van der Waals surface area contributed by atoms with E-state index in [4.69, 9.17) is 14.2 Å². The Labute approximate surface area is 211 Å². The Balaban J connectivity index is 1.57. The molecule has 6 heteroatoms. The van der Waals surface area contributed by atoms with E-state index in [1.54, 1.807) is 6.92 Å². The van der Waals surface area contributed by atoms with Crippen LogP contribution in [0.5, 0.6) is 0 Å². The van der Waals surface area contributed by atoms with Crippen molar-refractivity contribution >= 4 is 17.9 Å². The molecule has 35 heavy (non-hydrogen) atoms. The van der Waals surface area contributed by atoms with Crippen LogP contribution in [0.1, 0.15) is 98.8 Å². The number of esters is 3. The average molecular weight is 491 g/mol. The molecule has 0 saturated heterocycles. The maximum atomic E-state index is 12.2. The van der Waals surface area contributed by atoms with Crippen molar-refractivity contribution in [1.29, 1.82) is 0 Å². The Morgan fingerprint density at radius 2 is 1.54 bits per heavy atom. The van der Waals surface area contributed by atoms with Crippen LogP contribution in [0.4, 0.5) is 0 Å². The van der Waals surface area contributed by atoms with Crippen molar-refractivity contribution < 1.29 is 28.6 Å². The SMILES string of the molecule is COC(=O)CC[C@H](C)[C@H]1CC[C@H]2[C@@H]3[C@@H](CC[C@]12C)[C@@]1(C)CC[C@@H](OC(C)=O)C[C@H]1C[C@H]3OC(C)=O. The number of fused-ring (bicyclic) bond motifs is 5. The molecule has 0 aromatic carbocycles. The lowest BCUT2D eigenvalue weighted by Gasteiger charge is -2.62. The standard InChI is InChI=1S/C29H46O6/c1-17(7-10-26(32)33-6)22-8-9-23-27-24(12-14-29(22,23)5)28(4)13-11-21(34-18(2)30)15-20(28)16-25(27)35-19(3)31/h17,20-25,27H,7-16H2,1-6H3/t17-,20-,21+,22+,23-,24+,25+,27+,28-,29+/m0/s1. The third-order valence-electron chi connectivity index (χ3n) is 11.1. The Morgan fingerprint density at radius 3 is 2.20 bits per heavy atom. The number of hydrogen-bond donors (Lipinski definition) is 0. The summed E-state index contributed by atoms with van der Waals surface area (Å²) in [6, 6.07) is 0. The van der Waals surface area contributed by atoms with E-state index in [9.17, 15) is 14.4 Å². The summed E-state index contributed by atoms with van der Waals surface area (Å²) in [5.74, 6) is 2.43. The van der Waals surface area contributed by atoms with Gasteiger partial charge in [-0.15, -0.1) is 0 Å². The van der Waals surface area contributed by atoms with E-state index in [0.717, 1.165) is 32.1 Å². The van der Waals surface area contributed by atoms with Gasteiger partial charge in [0.05, 0.1) is 7.11 Å². The van der Waals surface area contributed by atoms with Crippen molar-refractivity contribution in [2.24, 2.45) is 46.3 Å². The van der Waals surface area contributed by atoms with Gasteiger partial charge in [0.1, 0.15) is 12.2 Å². The number of carbonyl (C=O) groups excluding carboxylic acids is 3. The van der Waals surface area contributed by atoms with Crippen LogP contribution in [-0.2, 0) is 28.6 Å². The molecule has 0 N–H and O–H groups in total. The van der Waals surface area contributed by atoms with Gasteiger partial charge in [-0.2, -0.15) is 0 Å². The monoisotopic (exact) mass is 490 g/mol. The first-order valence-corrected chi connectivity index (χ1v) is 13.9. The molecular weight excluding hydrogens is 444 g/mol. The summed E-state index contributed by atoms with van der Waals surface area (Å²) in [5.41, 5.74) is 0.418. The molecule has 4 rings (SSSR count). The smallest absolute Gasteiger partial charge is 0.305 e. The lowest BCUT2D eigenvalue weighted by atomic mass is 9.43. The highest BCUT2D eigenvalue weighted by atomic mass is 16.5. The van der Waals surface area contributed by atoms with Crippen LogP contribution >= 0.6 is 0 Å². The molecule has 0 aliphatic heterocycles. The van der Waals surface area contributed by atoms with Gasteiger partial charge in [-0.05, 0) is 98.2 Å². The van der Waals surface area contributed by atoms with E-state index in [1.165, 1.54) is 39.7 Å². The van der Waals surface area contributed by atoms with Gasteiger partial charge in [-0.3, -0.25) is 14.4 Å².